The van der Waals surface area contributed by atoms with E-state index < -0.39 is 30.2 Å². The maximum atomic E-state index is 13.1. The molecule has 0 spiro atoms. The third-order valence-corrected chi connectivity index (χ3v) is 5.27. The van der Waals surface area contributed by atoms with Crippen LogP contribution in [0.15, 0.2) is 35.1 Å². The molecule has 32 heavy (non-hydrogen) atoms. The van der Waals surface area contributed by atoms with Crippen molar-refractivity contribution in [1.29, 1.82) is 0 Å². The summed E-state index contributed by atoms with van der Waals surface area (Å²) in [7, 11) is 0. The lowest BCUT2D eigenvalue weighted by Crippen LogP contribution is -2.52. The highest BCUT2D eigenvalue weighted by Crippen LogP contribution is 2.33. The van der Waals surface area contributed by atoms with Gasteiger partial charge in [0, 0.05) is 11.1 Å². The Morgan fingerprint density at radius 2 is 1.59 bits per heavy atom. The van der Waals surface area contributed by atoms with Crippen LogP contribution in [0.3, 0.4) is 0 Å². The summed E-state index contributed by atoms with van der Waals surface area (Å²) in [5, 5.41) is 16.5. The molecule has 2 rings (SSSR count). The first-order chi connectivity index (χ1) is 15.0. The lowest BCUT2D eigenvalue weighted by Gasteiger charge is -2.29. The number of hydrogen-bond acceptors (Lipinski definition) is 5. The molecule has 2 aromatic rings. The van der Waals surface area contributed by atoms with Gasteiger partial charge < -0.3 is 20.5 Å². The number of amides is 2. The first-order valence-corrected chi connectivity index (χ1v) is 11.3. The van der Waals surface area contributed by atoms with Crippen LogP contribution in [0.25, 0.3) is 11.1 Å². The Morgan fingerprint density at radius 3 is 2.12 bits per heavy atom. The van der Waals surface area contributed by atoms with Crippen LogP contribution in [0, 0.1) is 17.8 Å². The van der Waals surface area contributed by atoms with E-state index in [4.69, 9.17) is 4.74 Å². The number of carbonyl (C=O) groups is 2. The normalized spacial score (nSPS) is 14.6. The van der Waals surface area contributed by atoms with Gasteiger partial charge in [-0.3, -0.25) is 9.59 Å². The lowest BCUT2D eigenvalue weighted by atomic mass is 9.95. The zero-order valence-corrected chi connectivity index (χ0v) is 19.8. The zero-order valence-electron chi connectivity index (χ0n) is 19.8. The largest absolute Gasteiger partial charge is 0.449 e. The average molecular weight is 445 g/mol. The van der Waals surface area contributed by atoms with Crippen LogP contribution in [0.1, 0.15) is 59.6 Å². The fourth-order valence-corrected chi connectivity index (χ4v) is 3.54. The van der Waals surface area contributed by atoms with Crippen LogP contribution < -0.4 is 16.1 Å². The number of ether oxygens (including phenoxy) is 1. The minimum Gasteiger partial charge on any atom is -0.449 e. The highest BCUT2D eigenvalue weighted by Gasteiger charge is 2.37. The molecule has 0 saturated carbocycles. The van der Waals surface area contributed by atoms with Crippen molar-refractivity contribution in [1.82, 2.24) is 10.6 Å². The topological polar surface area (TPSA) is 105 Å². The smallest absolute Gasteiger partial charge is 0.407 e. The number of alkyl carbamates (subject to hydrolysis) is 1. The molecule has 0 aliphatic rings. The van der Waals surface area contributed by atoms with Gasteiger partial charge in [0.05, 0.1) is 12.6 Å². The molecule has 7 nitrogen and oxygen atoms in total. The van der Waals surface area contributed by atoms with E-state index in [1.807, 2.05) is 71.9 Å². The van der Waals surface area contributed by atoms with Crippen LogP contribution in [-0.2, 0) is 9.53 Å². The monoisotopic (exact) mass is 444 g/mol. The highest BCUT2D eigenvalue weighted by atomic mass is 16.5. The summed E-state index contributed by atoms with van der Waals surface area (Å²) >= 11 is 0. The van der Waals surface area contributed by atoms with Gasteiger partial charge in [0.2, 0.25) is 5.91 Å². The summed E-state index contributed by atoms with van der Waals surface area (Å²) in [6.07, 6.45) is -1.36. The fraction of sp³-hybridized carbons (Fsp3) is 0.560. The number of hydrogen-bond donors (Lipinski definition) is 3. The number of benzene rings is 1. The zero-order chi connectivity index (χ0) is 24.0. The molecule has 176 valence electrons. The van der Waals surface area contributed by atoms with E-state index >= 15 is 0 Å². The van der Waals surface area contributed by atoms with Gasteiger partial charge in [-0.2, -0.15) is 0 Å². The standard InChI is InChI=1S/C25H36N2O5/c1-14(2)12-18(26-25(31)32-13-15(3)4)24(30)27-21(16(5)6)23(29)20-19(22(20)28)17-10-8-7-9-11-17/h7-11,14-16,18,21,23,29H,12-13H2,1-6H3,(H,26,31)(H,27,30)/t18-,21-,23-/m0/s1. The van der Waals surface area contributed by atoms with E-state index in [1.54, 1.807) is 0 Å². The first kappa shape index (κ1) is 25.6. The molecule has 0 unspecified atom stereocenters. The van der Waals surface area contributed by atoms with Crippen molar-refractivity contribution in [3.63, 3.8) is 0 Å². The highest BCUT2D eigenvalue weighted by molar-refractivity contribution is 5.86. The minimum absolute atomic E-state index is 0.139. The van der Waals surface area contributed by atoms with Crippen molar-refractivity contribution >= 4 is 12.0 Å². The quantitative estimate of drug-likeness (QED) is 0.492. The molecule has 0 aliphatic heterocycles. The summed E-state index contributed by atoms with van der Waals surface area (Å²) in [4.78, 5) is 37.6. The average Bonchev–Trinajstić information content (AvgIpc) is 3.40. The number of aliphatic hydroxyl groups is 1. The summed E-state index contributed by atoms with van der Waals surface area (Å²) < 4.78 is 5.16. The molecule has 2 amide bonds. The minimum atomic E-state index is -1.13. The van der Waals surface area contributed by atoms with E-state index in [0.29, 0.717) is 17.5 Å². The van der Waals surface area contributed by atoms with Crippen molar-refractivity contribution in [2.45, 2.75) is 66.2 Å². The molecular weight excluding hydrogens is 408 g/mol. The number of nitrogens with one attached hydrogen (secondary N) is 2. The number of rotatable bonds is 11. The van der Waals surface area contributed by atoms with Crippen molar-refractivity contribution in [2.24, 2.45) is 17.8 Å². The van der Waals surface area contributed by atoms with Gasteiger partial charge in [-0.15, -0.1) is 0 Å². The number of aliphatic hydroxyl groups excluding tert-OH is 1. The maximum absolute atomic E-state index is 13.1. The van der Waals surface area contributed by atoms with Crippen molar-refractivity contribution in [3.8, 4) is 11.1 Å². The Labute approximate surface area is 190 Å². The third-order valence-electron chi connectivity index (χ3n) is 5.27. The second-order valence-corrected chi connectivity index (χ2v) is 9.53. The van der Waals surface area contributed by atoms with Gasteiger partial charge in [0.1, 0.15) is 12.1 Å². The molecule has 7 heteroatoms. The molecule has 0 aromatic heterocycles. The predicted octanol–water partition coefficient (Wildman–Crippen LogP) is 3.56. The second kappa shape index (κ2) is 11.3. The van der Waals surface area contributed by atoms with E-state index in [9.17, 15) is 19.5 Å². The van der Waals surface area contributed by atoms with Crippen LogP contribution >= 0.6 is 0 Å². The summed E-state index contributed by atoms with van der Waals surface area (Å²) in [6, 6.07) is 7.69. The first-order valence-electron chi connectivity index (χ1n) is 11.3. The third kappa shape index (κ3) is 6.92. The Hall–Kier alpha value is -2.67. The fourth-order valence-electron chi connectivity index (χ4n) is 3.54. The molecule has 0 fully saturated rings. The van der Waals surface area contributed by atoms with Crippen molar-refractivity contribution < 1.29 is 19.4 Å². The van der Waals surface area contributed by atoms with Gasteiger partial charge in [-0.1, -0.05) is 71.9 Å². The molecule has 0 radical (unpaired) electrons. The molecule has 2 aromatic carbocycles. The Balaban J connectivity index is 2.13. The van der Waals surface area contributed by atoms with Gasteiger partial charge >= 0.3 is 6.09 Å². The SMILES string of the molecule is CC(C)COC(=O)N[C@@H](CC(C)C)C(=O)N[C@@H](C(C)C)[C@@H](O)c1c(-c2ccccc2)c1=O. The second-order valence-electron chi connectivity index (χ2n) is 9.53. The molecule has 0 saturated heterocycles. The predicted molar refractivity (Wildman–Crippen MR) is 125 cm³/mol. The Bertz CT molecular complexity index is 897. The van der Waals surface area contributed by atoms with Crippen LogP contribution in [0.2, 0.25) is 0 Å². The van der Waals surface area contributed by atoms with E-state index in [2.05, 4.69) is 10.6 Å². The van der Waals surface area contributed by atoms with Crippen LogP contribution in [-0.4, -0.2) is 35.8 Å². The van der Waals surface area contributed by atoms with Gasteiger partial charge in [0.15, 0.2) is 5.43 Å². The van der Waals surface area contributed by atoms with E-state index in [0.717, 1.165) is 5.56 Å². The summed E-state index contributed by atoms with van der Waals surface area (Å²) in [5.74, 6) is -0.217. The van der Waals surface area contributed by atoms with E-state index in [-0.39, 0.29) is 29.8 Å². The summed E-state index contributed by atoms with van der Waals surface area (Å²) in [6.45, 7) is 11.8. The van der Waals surface area contributed by atoms with Crippen LogP contribution in [0.5, 0.6) is 0 Å². The van der Waals surface area contributed by atoms with Crippen molar-refractivity contribution in [3.05, 3.63) is 46.1 Å². The van der Waals surface area contributed by atoms with Crippen molar-refractivity contribution in [2.75, 3.05) is 6.61 Å². The Morgan fingerprint density at radius 1 is 0.969 bits per heavy atom. The molecule has 3 atom stereocenters. The van der Waals surface area contributed by atoms with E-state index in [1.165, 1.54) is 0 Å². The molecule has 0 aliphatic carbocycles. The van der Waals surface area contributed by atoms with Gasteiger partial charge in [-0.05, 0) is 29.7 Å². The molecular formula is C25H36N2O5. The van der Waals surface area contributed by atoms with Gasteiger partial charge in [0.25, 0.3) is 0 Å². The number of carbonyl (C=O) groups excluding carboxylic acids is 2. The lowest BCUT2D eigenvalue weighted by molar-refractivity contribution is -0.125. The summed E-state index contributed by atoms with van der Waals surface area (Å²) in [5.41, 5.74) is 1.41. The Kier molecular flexibility index (Phi) is 9.01. The van der Waals surface area contributed by atoms with Crippen LogP contribution in [0.4, 0.5) is 4.79 Å². The maximum Gasteiger partial charge on any atom is 0.407 e. The molecule has 3 N–H and O–H groups in total. The molecule has 0 heterocycles. The molecule has 0 bridgehead atoms. The van der Waals surface area contributed by atoms with Gasteiger partial charge in [-0.25, -0.2) is 4.79 Å².